The fourth-order valence-corrected chi connectivity index (χ4v) is 4.67. The average molecular weight is 437 g/mol. The van der Waals surface area contributed by atoms with Gasteiger partial charge in [-0.3, -0.25) is 29.0 Å². The highest BCUT2D eigenvalue weighted by Crippen LogP contribution is 2.38. The molecular formula is C25H28N2O5. The number of nitrogens with zero attached hydrogens (tertiary/aromatic N) is 2. The molecular weight excluding hydrogens is 408 g/mol. The summed E-state index contributed by atoms with van der Waals surface area (Å²) in [5.74, 6) is -1.59. The second-order valence-electron chi connectivity index (χ2n) is 8.36. The predicted molar refractivity (Wildman–Crippen MR) is 120 cm³/mol. The Balaban J connectivity index is 1.77. The minimum absolute atomic E-state index is 0.150. The lowest BCUT2D eigenvalue weighted by atomic mass is 9.85. The second kappa shape index (κ2) is 8.82. The molecule has 0 fully saturated rings. The number of amides is 4. The number of carbonyl (C=O) groups excluding carboxylic acids is 4. The summed E-state index contributed by atoms with van der Waals surface area (Å²) in [4.78, 5) is 55.3. The van der Waals surface area contributed by atoms with Crippen molar-refractivity contribution < 1.29 is 23.9 Å². The third-order valence-electron chi connectivity index (χ3n) is 6.34. The highest BCUT2D eigenvalue weighted by molar-refractivity contribution is 6.33. The molecule has 0 saturated heterocycles. The van der Waals surface area contributed by atoms with E-state index in [9.17, 15) is 19.2 Å². The molecule has 0 saturated carbocycles. The molecule has 7 nitrogen and oxygen atoms in total. The standard InChI is InChI=1S/C25H28N2O5/c1-4-6-7-8-15(3)27-24(30)18-11-9-16-20-17(10-12-19(21(18)20)25(27)31)23(29)26(22(16)28)13-14-32-5-2/h9-12,15H,4-8,13-14H2,1-3H3. The summed E-state index contributed by atoms with van der Waals surface area (Å²) in [6.45, 7) is 6.74. The van der Waals surface area contributed by atoms with Crippen molar-refractivity contribution in [2.45, 2.75) is 52.5 Å². The number of hydrogen-bond acceptors (Lipinski definition) is 5. The Kier molecular flexibility index (Phi) is 6.11. The normalized spacial score (nSPS) is 16.3. The Bertz CT molecular complexity index is 1050. The molecule has 1 unspecified atom stereocenters. The molecule has 0 aliphatic carbocycles. The smallest absolute Gasteiger partial charge is 0.261 e. The van der Waals surface area contributed by atoms with Crippen molar-refractivity contribution >= 4 is 34.4 Å². The number of imide groups is 2. The van der Waals surface area contributed by atoms with Gasteiger partial charge in [-0.2, -0.15) is 0 Å². The Morgan fingerprint density at radius 3 is 1.75 bits per heavy atom. The van der Waals surface area contributed by atoms with E-state index in [1.807, 2.05) is 13.8 Å². The molecule has 7 heteroatoms. The SMILES string of the molecule is CCCCCC(C)N1C(=O)c2ccc3c4c(ccc(c24)C1=O)C(=O)N(CCOCC)C3=O. The van der Waals surface area contributed by atoms with Crippen LogP contribution in [-0.4, -0.2) is 59.2 Å². The summed E-state index contributed by atoms with van der Waals surface area (Å²) in [5, 5.41) is 0.820. The fraction of sp³-hybridized carbons (Fsp3) is 0.440. The number of unbranched alkanes of at least 4 members (excludes halogenated alkanes) is 2. The molecule has 2 aromatic rings. The van der Waals surface area contributed by atoms with Gasteiger partial charge in [0.1, 0.15) is 0 Å². The molecule has 168 valence electrons. The van der Waals surface area contributed by atoms with Gasteiger partial charge in [0.2, 0.25) is 0 Å². The van der Waals surface area contributed by atoms with Crippen LogP contribution in [0.5, 0.6) is 0 Å². The maximum absolute atomic E-state index is 13.3. The molecule has 0 spiro atoms. The highest BCUT2D eigenvalue weighted by Gasteiger charge is 2.40. The monoisotopic (exact) mass is 436 g/mol. The summed E-state index contributed by atoms with van der Waals surface area (Å²) in [7, 11) is 0. The van der Waals surface area contributed by atoms with E-state index in [1.165, 1.54) is 9.80 Å². The van der Waals surface area contributed by atoms with Crippen molar-refractivity contribution in [1.82, 2.24) is 9.80 Å². The van der Waals surface area contributed by atoms with Gasteiger partial charge in [-0.15, -0.1) is 0 Å². The lowest BCUT2D eigenvalue weighted by Crippen LogP contribution is -2.47. The van der Waals surface area contributed by atoms with E-state index in [2.05, 4.69) is 6.92 Å². The zero-order chi connectivity index (χ0) is 23.0. The number of ether oxygens (including phenoxy) is 1. The molecule has 2 aromatic carbocycles. The van der Waals surface area contributed by atoms with Gasteiger partial charge in [0.05, 0.1) is 13.2 Å². The molecule has 2 aliphatic heterocycles. The predicted octanol–water partition coefficient (Wildman–Crippen LogP) is 4.04. The van der Waals surface area contributed by atoms with Crippen LogP contribution in [0.1, 0.15) is 87.9 Å². The Morgan fingerprint density at radius 1 is 0.781 bits per heavy atom. The number of carbonyl (C=O) groups is 4. The van der Waals surface area contributed by atoms with E-state index in [0.29, 0.717) is 39.6 Å². The molecule has 0 bridgehead atoms. The van der Waals surface area contributed by atoms with Gasteiger partial charge < -0.3 is 4.74 Å². The van der Waals surface area contributed by atoms with Crippen molar-refractivity contribution in [3.8, 4) is 0 Å². The topological polar surface area (TPSA) is 84.0 Å². The molecule has 0 aromatic heterocycles. The second-order valence-corrected chi connectivity index (χ2v) is 8.36. The summed E-state index contributed by atoms with van der Waals surface area (Å²) in [6, 6.07) is 6.19. The highest BCUT2D eigenvalue weighted by atomic mass is 16.5. The van der Waals surface area contributed by atoms with Crippen LogP contribution < -0.4 is 0 Å². The maximum Gasteiger partial charge on any atom is 0.261 e. The Labute approximate surface area is 187 Å². The first kappa shape index (κ1) is 22.1. The van der Waals surface area contributed by atoms with Crippen molar-refractivity contribution in [3.63, 3.8) is 0 Å². The van der Waals surface area contributed by atoms with Crippen LogP contribution >= 0.6 is 0 Å². The van der Waals surface area contributed by atoms with Gasteiger partial charge in [0.15, 0.2) is 0 Å². The van der Waals surface area contributed by atoms with Gasteiger partial charge in [0.25, 0.3) is 23.6 Å². The van der Waals surface area contributed by atoms with Crippen LogP contribution in [0, 0.1) is 0 Å². The van der Waals surface area contributed by atoms with Crippen molar-refractivity contribution in [2.24, 2.45) is 0 Å². The molecule has 4 amide bonds. The van der Waals surface area contributed by atoms with Crippen molar-refractivity contribution in [2.75, 3.05) is 19.8 Å². The van der Waals surface area contributed by atoms with Crippen LogP contribution in [-0.2, 0) is 4.74 Å². The average Bonchev–Trinajstić information content (AvgIpc) is 2.78. The molecule has 1 atom stereocenters. The van der Waals surface area contributed by atoms with E-state index >= 15 is 0 Å². The lowest BCUT2D eigenvalue weighted by Gasteiger charge is -2.34. The van der Waals surface area contributed by atoms with Gasteiger partial charge in [-0.25, -0.2) is 0 Å². The Hall–Kier alpha value is -3.06. The Morgan fingerprint density at radius 2 is 1.28 bits per heavy atom. The molecule has 0 radical (unpaired) electrons. The minimum Gasteiger partial charge on any atom is -0.380 e. The molecule has 0 N–H and O–H groups in total. The van der Waals surface area contributed by atoms with Crippen LogP contribution in [0.4, 0.5) is 0 Å². The summed E-state index contributed by atoms with van der Waals surface area (Å²) in [5.41, 5.74) is 1.40. The van der Waals surface area contributed by atoms with Gasteiger partial charge in [-0.1, -0.05) is 26.2 Å². The van der Waals surface area contributed by atoms with Crippen LogP contribution in [0.3, 0.4) is 0 Å². The first-order chi connectivity index (χ1) is 15.4. The van der Waals surface area contributed by atoms with Gasteiger partial charge >= 0.3 is 0 Å². The van der Waals surface area contributed by atoms with E-state index in [-0.39, 0.29) is 31.0 Å². The quantitative estimate of drug-likeness (QED) is 0.438. The third-order valence-corrected chi connectivity index (χ3v) is 6.34. The summed E-state index contributed by atoms with van der Waals surface area (Å²) < 4.78 is 5.32. The van der Waals surface area contributed by atoms with E-state index in [1.54, 1.807) is 24.3 Å². The molecule has 4 rings (SSSR count). The first-order valence-electron chi connectivity index (χ1n) is 11.3. The first-order valence-corrected chi connectivity index (χ1v) is 11.3. The zero-order valence-corrected chi connectivity index (χ0v) is 18.8. The van der Waals surface area contributed by atoms with Gasteiger partial charge in [-0.05, 0) is 44.5 Å². The molecule has 2 aliphatic rings. The summed E-state index contributed by atoms with van der Waals surface area (Å²) in [6.07, 6.45) is 3.79. The van der Waals surface area contributed by atoms with Crippen molar-refractivity contribution in [1.29, 1.82) is 0 Å². The van der Waals surface area contributed by atoms with E-state index in [0.717, 1.165) is 25.7 Å². The van der Waals surface area contributed by atoms with Crippen molar-refractivity contribution in [3.05, 3.63) is 46.5 Å². The van der Waals surface area contributed by atoms with Crippen LogP contribution in [0.25, 0.3) is 10.8 Å². The maximum atomic E-state index is 13.3. The minimum atomic E-state index is -0.429. The summed E-state index contributed by atoms with van der Waals surface area (Å²) >= 11 is 0. The number of hydrogen-bond donors (Lipinski definition) is 0. The van der Waals surface area contributed by atoms with Crippen LogP contribution in [0.2, 0.25) is 0 Å². The third kappa shape index (κ3) is 3.41. The zero-order valence-electron chi connectivity index (χ0n) is 18.8. The van der Waals surface area contributed by atoms with E-state index < -0.39 is 11.8 Å². The lowest BCUT2D eigenvalue weighted by molar-refractivity contribution is 0.0517. The number of rotatable bonds is 9. The largest absolute Gasteiger partial charge is 0.380 e. The fourth-order valence-electron chi connectivity index (χ4n) is 4.67. The van der Waals surface area contributed by atoms with Crippen LogP contribution in [0.15, 0.2) is 24.3 Å². The molecule has 2 heterocycles. The van der Waals surface area contributed by atoms with E-state index in [4.69, 9.17) is 4.74 Å². The number of benzene rings is 2. The molecule has 32 heavy (non-hydrogen) atoms. The van der Waals surface area contributed by atoms with Gasteiger partial charge in [0, 0.05) is 45.7 Å².